The van der Waals surface area contributed by atoms with Crippen LogP contribution in [0, 0.1) is 11.6 Å². The molecule has 0 aliphatic carbocycles. The van der Waals surface area contributed by atoms with Crippen LogP contribution in [0.3, 0.4) is 0 Å². The smallest absolute Gasteiger partial charge is 0.183 e. The summed E-state index contributed by atoms with van der Waals surface area (Å²) in [5, 5.41) is 12.0. The fourth-order valence-corrected chi connectivity index (χ4v) is 3.34. The number of nitrogens with zero attached hydrogens (tertiary/aromatic N) is 4. The highest BCUT2D eigenvalue weighted by Gasteiger charge is 2.16. The standard InChI is InChI=1S/C13H10F2IN5OS/c14-7-3-8-9(6-21(23-16)13(8)19-4-7)11-18-5-10(15)12(20-11)17-1-2-22/h3-6,22H,1-2H2,(H,17,18,20). The number of nitrogens with one attached hydrogen (secondary N) is 1. The lowest BCUT2D eigenvalue weighted by molar-refractivity contribution is 0.310. The number of hydrogen-bond acceptors (Lipinski definition) is 6. The monoisotopic (exact) mass is 449 g/mol. The summed E-state index contributed by atoms with van der Waals surface area (Å²) in [6.45, 7) is 0.00755. The zero-order valence-electron chi connectivity index (χ0n) is 11.5. The minimum absolute atomic E-state index is 0.0172. The second kappa shape index (κ2) is 6.93. The van der Waals surface area contributed by atoms with E-state index in [1.165, 1.54) is 15.2 Å². The Morgan fingerprint density at radius 1 is 1.30 bits per heavy atom. The summed E-state index contributed by atoms with van der Waals surface area (Å²) in [5.41, 5.74) is 1.11. The molecule has 0 aliphatic rings. The molecular formula is C13H10F2IN5OS. The van der Waals surface area contributed by atoms with Crippen LogP contribution in [0.5, 0.6) is 0 Å². The third kappa shape index (κ3) is 3.23. The van der Waals surface area contributed by atoms with Gasteiger partial charge in [0.15, 0.2) is 23.1 Å². The molecule has 0 aromatic carbocycles. The highest BCUT2D eigenvalue weighted by molar-refractivity contribution is 14.2. The van der Waals surface area contributed by atoms with Crippen LogP contribution in [-0.2, 0) is 0 Å². The Morgan fingerprint density at radius 3 is 2.87 bits per heavy atom. The summed E-state index contributed by atoms with van der Waals surface area (Å²) < 4.78 is 29.0. The molecule has 3 aromatic heterocycles. The molecule has 0 fully saturated rings. The van der Waals surface area contributed by atoms with Crippen molar-refractivity contribution >= 4 is 47.2 Å². The van der Waals surface area contributed by atoms with Crippen LogP contribution in [-0.4, -0.2) is 37.2 Å². The van der Waals surface area contributed by atoms with Gasteiger partial charge in [0.05, 0.1) is 19.0 Å². The first-order valence-electron chi connectivity index (χ1n) is 6.47. The number of halogens is 3. The quantitative estimate of drug-likeness (QED) is 0.584. The zero-order valence-corrected chi connectivity index (χ0v) is 14.5. The van der Waals surface area contributed by atoms with Gasteiger partial charge in [0.25, 0.3) is 0 Å². The number of rotatable bonds is 5. The van der Waals surface area contributed by atoms with Crippen LogP contribution in [0.15, 0.2) is 24.7 Å². The van der Waals surface area contributed by atoms with Crippen LogP contribution in [0.2, 0.25) is 0 Å². The van der Waals surface area contributed by atoms with E-state index in [4.69, 9.17) is 5.11 Å². The van der Waals surface area contributed by atoms with Gasteiger partial charge in [-0.05, 0) is 6.07 Å². The third-order valence-electron chi connectivity index (χ3n) is 3.04. The van der Waals surface area contributed by atoms with E-state index in [1.807, 2.05) is 0 Å². The van der Waals surface area contributed by atoms with E-state index in [2.05, 4.69) is 41.5 Å². The summed E-state index contributed by atoms with van der Waals surface area (Å²) >= 11 is 2.08. The second-order valence-corrected chi connectivity index (χ2v) is 6.22. The molecule has 6 nitrogen and oxygen atoms in total. The van der Waals surface area contributed by atoms with Crippen molar-refractivity contribution < 1.29 is 13.9 Å². The third-order valence-corrected chi connectivity index (χ3v) is 4.74. The predicted octanol–water partition coefficient (Wildman–Crippen LogP) is 3.02. The van der Waals surface area contributed by atoms with E-state index in [0.717, 1.165) is 12.4 Å². The fraction of sp³-hybridized carbons (Fsp3) is 0.154. The van der Waals surface area contributed by atoms with Crippen LogP contribution < -0.4 is 5.32 Å². The van der Waals surface area contributed by atoms with Crippen LogP contribution >= 0.6 is 30.3 Å². The summed E-state index contributed by atoms with van der Waals surface area (Å²) in [7, 11) is 1.36. The number of hydrogen-bond donors (Lipinski definition) is 2. The van der Waals surface area contributed by atoms with Crippen molar-refractivity contribution in [1.82, 2.24) is 18.9 Å². The number of aliphatic hydroxyl groups is 1. The van der Waals surface area contributed by atoms with E-state index >= 15 is 0 Å². The van der Waals surface area contributed by atoms with Gasteiger partial charge in [0.2, 0.25) is 0 Å². The predicted molar refractivity (Wildman–Crippen MR) is 93.3 cm³/mol. The lowest BCUT2D eigenvalue weighted by Crippen LogP contribution is -2.09. The molecule has 23 heavy (non-hydrogen) atoms. The van der Waals surface area contributed by atoms with E-state index in [9.17, 15) is 8.78 Å². The Morgan fingerprint density at radius 2 is 2.13 bits per heavy atom. The Kier molecular flexibility index (Phi) is 4.92. The summed E-state index contributed by atoms with van der Waals surface area (Å²) in [4.78, 5) is 12.2. The van der Waals surface area contributed by atoms with E-state index in [0.29, 0.717) is 16.6 Å². The summed E-state index contributed by atoms with van der Waals surface area (Å²) in [6, 6.07) is 1.34. The number of pyridine rings is 1. The molecule has 0 spiro atoms. The maximum Gasteiger partial charge on any atom is 0.183 e. The van der Waals surface area contributed by atoms with Crippen molar-refractivity contribution in [3.8, 4) is 11.4 Å². The molecule has 3 rings (SSSR count). The maximum atomic E-state index is 13.7. The molecule has 120 valence electrons. The molecule has 0 radical (unpaired) electrons. The van der Waals surface area contributed by atoms with Gasteiger partial charge in [-0.3, -0.25) is 3.97 Å². The van der Waals surface area contributed by atoms with E-state index in [-0.39, 0.29) is 24.8 Å². The lowest BCUT2D eigenvalue weighted by atomic mass is 10.2. The van der Waals surface area contributed by atoms with Gasteiger partial charge in [0, 0.05) is 54.0 Å². The van der Waals surface area contributed by atoms with Crippen molar-refractivity contribution in [2.45, 2.75) is 0 Å². The Hall–Kier alpha value is -1.53. The second-order valence-electron chi connectivity index (χ2n) is 4.50. The molecule has 0 atom stereocenters. The van der Waals surface area contributed by atoms with Gasteiger partial charge in [-0.25, -0.2) is 23.7 Å². The van der Waals surface area contributed by atoms with Gasteiger partial charge in [-0.1, -0.05) is 0 Å². The Balaban J connectivity index is 2.14. The first kappa shape index (κ1) is 16.3. The van der Waals surface area contributed by atoms with Crippen LogP contribution in [0.1, 0.15) is 0 Å². The number of aromatic nitrogens is 4. The highest BCUT2D eigenvalue weighted by atomic mass is 127. The van der Waals surface area contributed by atoms with Crippen molar-refractivity contribution in [2.75, 3.05) is 18.5 Å². The van der Waals surface area contributed by atoms with Crippen LogP contribution in [0.25, 0.3) is 22.4 Å². The van der Waals surface area contributed by atoms with Crippen LogP contribution in [0.4, 0.5) is 14.6 Å². The molecule has 3 aromatic rings. The molecular weight excluding hydrogens is 439 g/mol. The van der Waals surface area contributed by atoms with Crippen molar-refractivity contribution in [3.63, 3.8) is 0 Å². The van der Waals surface area contributed by atoms with Gasteiger partial charge >= 0.3 is 0 Å². The maximum absolute atomic E-state index is 13.7. The minimum atomic E-state index is -0.626. The average molecular weight is 449 g/mol. The SMILES string of the molecule is OCCNc1nc(-c2cn(SI)c3ncc(F)cc23)ncc1F. The molecule has 0 aliphatic heterocycles. The topological polar surface area (TPSA) is 75.9 Å². The summed E-state index contributed by atoms with van der Waals surface area (Å²) in [5.74, 6) is -0.876. The zero-order chi connectivity index (χ0) is 16.4. The van der Waals surface area contributed by atoms with Gasteiger partial charge < -0.3 is 10.4 Å². The van der Waals surface area contributed by atoms with Gasteiger partial charge in [0.1, 0.15) is 5.82 Å². The van der Waals surface area contributed by atoms with E-state index < -0.39 is 11.6 Å². The fourth-order valence-electron chi connectivity index (χ4n) is 2.08. The molecule has 10 heteroatoms. The molecule has 2 N–H and O–H groups in total. The first-order valence-corrected chi connectivity index (χ1v) is 9.79. The average Bonchev–Trinajstić information content (AvgIpc) is 2.92. The van der Waals surface area contributed by atoms with Crippen molar-refractivity contribution in [2.24, 2.45) is 0 Å². The Labute approximate surface area is 146 Å². The van der Waals surface area contributed by atoms with E-state index in [1.54, 1.807) is 10.2 Å². The van der Waals surface area contributed by atoms with Gasteiger partial charge in [-0.2, -0.15) is 0 Å². The minimum Gasteiger partial charge on any atom is -0.395 e. The molecule has 0 bridgehead atoms. The molecule has 0 saturated heterocycles. The summed E-state index contributed by atoms with van der Waals surface area (Å²) in [6.07, 6.45) is 3.89. The first-order chi connectivity index (χ1) is 11.1. The Bertz CT molecular complexity index is 860. The largest absolute Gasteiger partial charge is 0.395 e. The highest BCUT2D eigenvalue weighted by Crippen LogP contribution is 2.32. The number of anilines is 1. The molecule has 0 amide bonds. The normalized spacial score (nSPS) is 11.1. The number of aliphatic hydroxyl groups excluding tert-OH is 1. The molecule has 0 saturated carbocycles. The molecule has 3 heterocycles. The van der Waals surface area contributed by atoms with Crippen molar-refractivity contribution in [3.05, 3.63) is 36.3 Å². The van der Waals surface area contributed by atoms with Gasteiger partial charge in [-0.15, -0.1) is 0 Å². The lowest BCUT2D eigenvalue weighted by Gasteiger charge is -2.06. The van der Waals surface area contributed by atoms with Crippen molar-refractivity contribution in [1.29, 1.82) is 0 Å². The molecule has 0 unspecified atom stereocenters. The number of fused-ring (bicyclic) bond motifs is 1.